The van der Waals surface area contributed by atoms with E-state index in [2.05, 4.69) is 0 Å². The summed E-state index contributed by atoms with van der Waals surface area (Å²) in [6.07, 6.45) is 1.90. The number of hydrogen-bond acceptors (Lipinski definition) is 3. The molecule has 1 saturated heterocycles. The van der Waals surface area contributed by atoms with Crippen LogP contribution in [0.3, 0.4) is 0 Å². The maximum atomic E-state index is 12.3. The Bertz CT molecular complexity index is 420. The highest BCUT2D eigenvalue weighted by atomic mass is 35.5. The monoisotopic (exact) mass is 273 g/mol. The van der Waals surface area contributed by atoms with E-state index in [0.29, 0.717) is 16.4 Å². The Labute approximate surface area is 110 Å². The van der Waals surface area contributed by atoms with Crippen molar-refractivity contribution in [1.29, 1.82) is 0 Å². The lowest BCUT2D eigenvalue weighted by atomic mass is 9.83. The molecule has 1 atom stereocenters. The fraction of sp³-hybridized carbons (Fsp3) is 0.583. The molecule has 0 saturated carbocycles. The maximum Gasteiger partial charge on any atom is 0.265 e. The second-order valence-electron chi connectivity index (χ2n) is 4.90. The average Bonchev–Trinajstić information content (AvgIpc) is 2.75. The van der Waals surface area contributed by atoms with Gasteiger partial charge in [-0.2, -0.15) is 0 Å². The number of rotatable bonds is 2. The number of halogens is 1. The van der Waals surface area contributed by atoms with E-state index in [9.17, 15) is 9.90 Å². The third kappa shape index (κ3) is 2.64. The van der Waals surface area contributed by atoms with E-state index >= 15 is 0 Å². The number of amides is 1. The molecule has 3 nitrogen and oxygen atoms in total. The third-order valence-corrected chi connectivity index (χ3v) is 4.59. The molecule has 1 aliphatic heterocycles. The molecule has 0 aromatic carbocycles. The van der Waals surface area contributed by atoms with Crippen molar-refractivity contribution in [2.75, 3.05) is 19.7 Å². The van der Waals surface area contributed by atoms with Gasteiger partial charge in [-0.25, -0.2) is 0 Å². The van der Waals surface area contributed by atoms with Gasteiger partial charge in [0.1, 0.15) is 4.88 Å². The minimum absolute atomic E-state index is 0.00984. The molecule has 17 heavy (non-hydrogen) atoms. The predicted octanol–water partition coefficient (Wildman–Crippen LogP) is 2.64. The quantitative estimate of drug-likeness (QED) is 0.900. The molecule has 94 valence electrons. The van der Waals surface area contributed by atoms with E-state index in [1.165, 1.54) is 11.3 Å². The summed E-state index contributed by atoms with van der Waals surface area (Å²) in [6.45, 7) is 3.50. The Morgan fingerprint density at radius 2 is 2.47 bits per heavy atom. The number of carbonyl (C=O) groups is 1. The van der Waals surface area contributed by atoms with Crippen LogP contribution in [0.25, 0.3) is 0 Å². The first-order chi connectivity index (χ1) is 8.06. The van der Waals surface area contributed by atoms with Crippen molar-refractivity contribution in [3.63, 3.8) is 0 Å². The number of carbonyl (C=O) groups excluding carboxylic acids is 1. The van der Waals surface area contributed by atoms with E-state index in [0.717, 1.165) is 19.4 Å². The van der Waals surface area contributed by atoms with Crippen LogP contribution in [-0.4, -0.2) is 35.6 Å². The fourth-order valence-electron chi connectivity index (χ4n) is 2.21. The van der Waals surface area contributed by atoms with Gasteiger partial charge < -0.3 is 10.0 Å². The molecule has 5 heteroatoms. The SMILES string of the molecule is C[C@]1(CO)CCCN(C(=O)c2sccc2Cl)C1. The topological polar surface area (TPSA) is 40.5 Å². The van der Waals surface area contributed by atoms with Crippen LogP contribution in [0.4, 0.5) is 0 Å². The molecular formula is C12H16ClNO2S. The Morgan fingerprint density at radius 3 is 3.06 bits per heavy atom. The molecule has 1 aliphatic rings. The second kappa shape index (κ2) is 4.96. The van der Waals surface area contributed by atoms with Crippen molar-refractivity contribution in [3.8, 4) is 0 Å². The van der Waals surface area contributed by atoms with Crippen LogP contribution in [-0.2, 0) is 0 Å². The van der Waals surface area contributed by atoms with Gasteiger partial charge in [-0.15, -0.1) is 11.3 Å². The van der Waals surface area contributed by atoms with Crippen LogP contribution in [0.2, 0.25) is 5.02 Å². The Morgan fingerprint density at radius 1 is 1.71 bits per heavy atom. The number of nitrogens with zero attached hydrogens (tertiary/aromatic N) is 1. The third-order valence-electron chi connectivity index (χ3n) is 3.26. The Balaban J connectivity index is 2.13. The molecule has 0 radical (unpaired) electrons. The van der Waals surface area contributed by atoms with Crippen molar-refractivity contribution >= 4 is 28.8 Å². The lowest BCUT2D eigenvalue weighted by Gasteiger charge is -2.39. The van der Waals surface area contributed by atoms with Crippen molar-refractivity contribution in [2.24, 2.45) is 5.41 Å². The fourth-order valence-corrected chi connectivity index (χ4v) is 3.31. The van der Waals surface area contributed by atoms with Crippen LogP contribution < -0.4 is 0 Å². The first-order valence-electron chi connectivity index (χ1n) is 5.69. The van der Waals surface area contributed by atoms with E-state index in [1.54, 1.807) is 11.0 Å². The van der Waals surface area contributed by atoms with Gasteiger partial charge in [0.15, 0.2) is 0 Å². The molecule has 1 fully saturated rings. The van der Waals surface area contributed by atoms with E-state index in [-0.39, 0.29) is 17.9 Å². The van der Waals surface area contributed by atoms with Gasteiger partial charge in [-0.1, -0.05) is 18.5 Å². The van der Waals surface area contributed by atoms with Crippen LogP contribution in [0.1, 0.15) is 29.4 Å². The lowest BCUT2D eigenvalue weighted by Crippen LogP contribution is -2.46. The summed E-state index contributed by atoms with van der Waals surface area (Å²) in [6, 6.07) is 1.74. The smallest absolute Gasteiger partial charge is 0.265 e. The summed E-state index contributed by atoms with van der Waals surface area (Å²) in [5.41, 5.74) is -0.169. The summed E-state index contributed by atoms with van der Waals surface area (Å²) in [7, 11) is 0. The van der Waals surface area contributed by atoms with Gasteiger partial charge >= 0.3 is 0 Å². The Hall–Kier alpha value is -0.580. The van der Waals surface area contributed by atoms with E-state index in [4.69, 9.17) is 11.6 Å². The standard InChI is InChI=1S/C12H16ClNO2S/c1-12(8-15)4-2-5-14(7-12)11(16)10-9(13)3-6-17-10/h3,6,15H,2,4-5,7-8H2,1H3/t12-/m0/s1. The molecule has 0 unspecified atom stereocenters. The molecular weight excluding hydrogens is 258 g/mol. The zero-order valence-corrected chi connectivity index (χ0v) is 11.4. The lowest BCUT2D eigenvalue weighted by molar-refractivity contribution is 0.0361. The van der Waals surface area contributed by atoms with Crippen LogP contribution >= 0.6 is 22.9 Å². The minimum Gasteiger partial charge on any atom is -0.396 e. The zero-order valence-electron chi connectivity index (χ0n) is 9.78. The van der Waals surface area contributed by atoms with Crippen molar-refractivity contribution < 1.29 is 9.90 Å². The molecule has 0 bridgehead atoms. The molecule has 2 rings (SSSR count). The van der Waals surface area contributed by atoms with Gasteiger partial charge in [0.2, 0.25) is 0 Å². The molecule has 1 amide bonds. The van der Waals surface area contributed by atoms with Crippen LogP contribution in [0.15, 0.2) is 11.4 Å². The number of aliphatic hydroxyl groups excluding tert-OH is 1. The molecule has 1 aromatic rings. The highest BCUT2D eigenvalue weighted by Gasteiger charge is 2.33. The van der Waals surface area contributed by atoms with Gasteiger partial charge in [-0.05, 0) is 24.3 Å². The second-order valence-corrected chi connectivity index (χ2v) is 6.22. The normalized spacial score (nSPS) is 25.0. The predicted molar refractivity (Wildman–Crippen MR) is 69.7 cm³/mol. The highest BCUT2D eigenvalue weighted by molar-refractivity contribution is 7.12. The summed E-state index contributed by atoms with van der Waals surface area (Å²) in [4.78, 5) is 14.7. The molecule has 1 N–H and O–H groups in total. The maximum absolute atomic E-state index is 12.3. The molecule has 2 heterocycles. The Kier molecular flexibility index (Phi) is 3.76. The van der Waals surface area contributed by atoms with E-state index in [1.807, 2.05) is 12.3 Å². The first kappa shape index (κ1) is 12.9. The molecule has 1 aromatic heterocycles. The van der Waals surface area contributed by atoms with Crippen molar-refractivity contribution in [2.45, 2.75) is 19.8 Å². The molecule has 0 aliphatic carbocycles. The van der Waals surface area contributed by atoms with Crippen LogP contribution in [0.5, 0.6) is 0 Å². The zero-order chi connectivity index (χ0) is 12.5. The van der Waals surface area contributed by atoms with Crippen molar-refractivity contribution in [3.05, 3.63) is 21.3 Å². The van der Waals surface area contributed by atoms with Gasteiger partial charge in [-0.3, -0.25) is 4.79 Å². The minimum atomic E-state index is -0.169. The number of piperidine rings is 1. The van der Waals surface area contributed by atoms with Crippen LogP contribution in [0, 0.1) is 5.41 Å². The highest BCUT2D eigenvalue weighted by Crippen LogP contribution is 2.31. The average molecular weight is 274 g/mol. The summed E-state index contributed by atoms with van der Waals surface area (Å²) >= 11 is 7.35. The number of hydrogen-bond donors (Lipinski definition) is 1. The van der Waals surface area contributed by atoms with Gasteiger partial charge in [0.25, 0.3) is 5.91 Å². The molecule has 0 spiro atoms. The number of likely N-dealkylation sites (tertiary alicyclic amines) is 1. The van der Waals surface area contributed by atoms with Gasteiger partial charge in [0, 0.05) is 18.5 Å². The van der Waals surface area contributed by atoms with Crippen molar-refractivity contribution in [1.82, 2.24) is 4.90 Å². The van der Waals surface area contributed by atoms with E-state index < -0.39 is 0 Å². The number of thiophene rings is 1. The summed E-state index contributed by atoms with van der Waals surface area (Å²) in [5.74, 6) is -0.00984. The summed E-state index contributed by atoms with van der Waals surface area (Å²) in [5, 5.41) is 11.7. The van der Waals surface area contributed by atoms with Gasteiger partial charge in [0.05, 0.1) is 11.6 Å². The number of aliphatic hydroxyl groups is 1. The largest absolute Gasteiger partial charge is 0.396 e. The first-order valence-corrected chi connectivity index (χ1v) is 6.95. The summed E-state index contributed by atoms with van der Waals surface area (Å²) < 4.78 is 0.